The van der Waals surface area contributed by atoms with E-state index in [-0.39, 0.29) is 0 Å². The number of hydrogen-bond donors (Lipinski definition) is 2. The Labute approximate surface area is 109 Å². The van der Waals surface area contributed by atoms with E-state index in [1.165, 1.54) is 0 Å². The highest BCUT2D eigenvalue weighted by atomic mass is 16.5. The number of ether oxygens (including phenoxy) is 1. The number of aromatic nitrogens is 2. The van der Waals surface area contributed by atoms with Gasteiger partial charge in [-0.3, -0.25) is 0 Å². The van der Waals surface area contributed by atoms with Crippen LogP contribution in [-0.4, -0.2) is 36.3 Å². The molecule has 0 saturated heterocycles. The van der Waals surface area contributed by atoms with Crippen LogP contribution in [0.3, 0.4) is 0 Å². The topological polar surface area (TPSA) is 59.1 Å². The average Bonchev–Trinajstić information content (AvgIpc) is 2.34. The van der Waals surface area contributed by atoms with Gasteiger partial charge in [0.15, 0.2) is 0 Å². The Bertz CT molecular complexity index is 331. The van der Waals surface area contributed by atoms with E-state index in [0.29, 0.717) is 18.5 Å². The van der Waals surface area contributed by atoms with E-state index in [4.69, 9.17) is 4.74 Å². The van der Waals surface area contributed by atoms with Gasteiger partial charge in [-0.25, -0.2) is 4.98 Å². The van der Waals surface area contributed by atoms with E-state index in [1.54, 1.807) is 6.20 Å². The van der Waals surface area contributed by atoms with Gasteiger partial charge in [-0.2, -0.15) is 4.98 Å². The Morgan fingerprint density at radius 3 is 2.83 bits per heavy atom. The van der Waals surface area contributed by atoms with Crippen molar-refractivity contribution in [3.05, 3.63) is 12.3 Å². The molecular formula is C13H24N4O. The number of rotatable bonds is 9. The molecule has 0 radical (unpaired) electrons. The first-order valence-electron chi connectivity index (χ1n) is 6.61. The van der Waals surface area contributed by atoms with Gasteiger partial charge in [0.2, 0.25) is 5.95 Å². The highest BCUT2D eigenvalue weighted by Crippen LogP contribution is 2.04. The predicted octanol–water partition coefficient (Wildman–Crippen LogP) is 2.38. The largest absolute Gasteiger partial charge is 0.380 e. The summed E-state index contributed by atoms with van der Waals surface area (Å²) in [5.74, 6) is 2.18. The Kier molecular flexibility index (Phi) is 7.10. The van der Waals surface area contributed by atoms with Gasteiger partial charge in [0.25, 0.3) is 0 Å². The van der Waals surface area contributed by atoms with Gasteiger partial charge in [-0.05, 0) is 25.3 Å². The Hall–Kier alpha value is -1.36. The lowest BCUT2D eigenvalue weighted by Crippen LogP contribution is -2.12. The van der Waals surface area contributed by atoms with Gasteiger partial charge >= 0.3 is 0 Å². The maximum atomic E-state index is 5.52. The quantitative estimate of drug-likeness (QED) is 0.661. The van der Waals surface area contributed by atoms with Gasteiger partial charge in [0.05, 0.1) is 6.61 Å². The molecule has 1 aromatic rings. The third kappa shape index (κ3) is 6.39. The highest BCUT2D eigenvalue weighted by Gasteiger charge is 1.97. The maximum Gasteiger partial charge on any atom is 0.224 e. The second-order valence-corrected chi connectivity index (χ2v) is 4.52. The molecule has 1 heterocycles. The van der Waals surface area contributed by atoms with Gasteiger partial charge in [0, 0.05) is 25.9 Å². The second-order valence-electron chi connectivity index (χ2n) is 4.52. The molecule has 102 valence electrons. The van der Waals surface area contributed by atoms with Crippen molar-refractivity contribution in [1.82, 2.24) is 9.97 Å². The van der Waals surface area contributed by atoms with E-state index < -0.39 is 0 Å². The first-order valence-corrected chi connectivity index (χ1v) is 6.61. The first-order chi connectivity index (χ1) is 8.72. The summed E-state index contributed by atoms with van der Waals surface area (Å²) >= 11 is 0. The molecule has 0 amide bonds. The van der Waals surface area contributed by atoms with Crippen molar-refractivity contribution in [2.24, 2.45) is 5.92 Å². The van der Waals surface area contributed by atoms with Crippen LogP contribution in [0.4, 0.5) is 11.8 Å². The van der Waals surface area contributed by atoms with Crippen LogP contribution in [0, 0.1) is 5.92 Å². The molecule has 0 aliphatic carbocycles. The fourth-order valence-electron chi connectivity index (χ4n) is 1.37. The molecule has 0 spiro atoms. The lowest BCUT2D eigenvalue weighted by molar-refractivity contribution is 0.132. The smallest absolute Gasteiger partial charge is 0.224 e. The zero-order chi connectivity index (χ0) is 13.2. The molecule has 0 saturated carbocycles. The summed E-state index contributed by atoms with van der Waals surface area (Å²) in [4.78, 5) is 8.43. The van der Waals surface area contributed by atoms with Crippen molar-refractivity contribution in [3.8, 4) is 0 Å². The predicted molar refractivity (Wildman–Crippen MR) is 75.0 cm³/mol. The third-order valence-electron chi connectivity index (χ3n) is 2.38. The zero-order valence-electron chi connectivity index (χ0n) is 11.6. The molecule has 0 atom stereocenters. The summed E-state index contributed by atoms with van der Waals surface area (Å²) in [6, 6.07) is 1.86. The highest BCUT2D eigenvalue weighted by molar-refractivity contribution is 5.39. The fourth-order valence-corrected chi connectivity index (χ4v) is 1.37. The number of hydrogen-bond acceptors (Lipinski definition) is 5. The van der Waals surface area contributed by atoms with Crippen molar-refractivity contribution in [1.29, 1.82) is 0 Å². The normalized spacial score (nSPS) is 10.7. The van der Waals surface area contributed by atoms with Crippen LogP contribution in [0.5, 0.6) is 0 Å². The van der Waals surface area contributed by atoms with Crippen LogP contribution < -0.4 is 10.6 Å². The van der Waals surface area contributed by atoms with Gasteiger partial charge < -0.3 is 15.4 Å². The van der Waals surface area contributed by atoms with Crippen molar-refractivity contribution in [2.75, 3.05) is 36.9 Å². The molecule has 0 bridgehead atoms. The minimum absolute atomic E-state index is 0.656. The summed E-state index contributed by atoms with van der Waals surface area (Å²) in [5, 5.41) is 6.29. The Morgan fingerprint density at radius 2 is 2.11 bits per heavy atom. The van der Waals surface area contributed by atoms with Crippen LogP contribution >= 0.6 is 0 Å². The molecule has 5 nitrogen and oxygen atoms in total. The maximum absolute atomic E-state index is 5.52. The number of nitrogens with zero attached hydrogens (tertiary/aromatic N) is 2. The van der Waals surface area contributed by atoms with Crippen molar-refractivity contribution < 1.29 is 4.74 Å². The molecule has 0 aliphatic rings. The van der Waals surface area contributed by atoms with E-state index >= 15 is 0 Å². The SMILES string of the molecule is CCNc1nccc(NCCOCCC(C)C)n1. The van der Waals surface area contributed by atoms with Gasteiger partial charge in [-0.1, -0.05) is 13.8 Å². The van der Waals surface area contributed by atoms with Crippen LogP contribution in [-0.2, 0) is 4.74 Å². The van der Waals surface area contributed by atoms with E-state index in [0.717, 1.165) is 31.9 Å². The molecule has 18 heavy (non-hydrogen) atoms. The lowest BCUT2D eigenvalue weighted by atomic mass is 10.1. The minimum Gasteiger partial charge on any atom is -0.380 e. The summed E-state index contributed by atoms with van der Waals surface area (Å²) < 4.78 is 5.52. The molecule has 0 aliphatic heterocycles. The average molecular weight is 252 g/mol. The van der Waals surface area contributed by atoms with Crippen molar-refractivity contribution >= 4 is 11.8 Å². The molecule has 5 heteroatoms. The van der Waals surface area contributed by atoms with Gasteiger partial charge in [0.1, 0.15) is 5.82 Å². The molecule has 1 aromatic heterocycles. The summed E-state index contributed by atoms with van der Waals surface area (Å²) in [7, 11) is 0. The molecule has 1 rings (SSSR count). The summed E-state index contributed by atoms with van der Waals surface area (Å²) in [5.41, 5.74) is 0. The molecule has 2 N–H and O–H groups in total. The van der Waals surface area contributed by atoms with Crippen LogP contribution in [0.25, 0.3) is 0 Å². The summed E-state index contributed by atoms with van der Waals surface area (Å²) in [6.45, 7) is 9.53. The number of nitrogens with one attached hydrogen (secondary N) is 2. The van der Waals surface area contributed by atoms with Crippen molar-refractivity contribution in [2.45, 2.75) is 27.2 Å². The number of anilines is 2. The lowest BCUT2D eigenvalue weighted by Gasteiger charge is -2.09. The van der Waals surface area contributed by atoms with Gasteiger partial charge in [-0.15, -0.1) is 0 Å². The third-order valence-corrected chi connectivity index (χ3v) is 2.38. The first kappa shape index (κ1) is 14.7. The zero-order valence-corrected chi connectivity index (χ0v) is 11.6. The van der Waals surface area contributed by atoms with Crippen LogP contribution in [0.1, 0.15) is 27.2 Å². The van der Waals surface area contributed by atoms with Crippen LogP contribution in [0.2, 0.25) is 0 Å². The Balaban J connectivity index is 2.16. The van der Waals surface area contributed by atoms with Crippen molar-refractivity contribution in [3.63, 3.8) is 0 Å². The Morgan fingerprint density at radius 1 is 1.28 bits per heavy atom. The van der Waals surface area contributed by atoms with E-state index in [2.05, 4.69) is 34.4 Å². The fraction of sp³-hybridized carbons (Fsp3) is 0.692. The minimum atomic E-state index is 0.656. The van der Waals surface area contributed by atoms with E-state index in [1.807, 2.05) is 13.0 Å². The van der Waals surface area contributed by atoms with E-state index in [9.17, 15) is 0 Å². The molecule has 0 fully saturated rings. The molecule has 0 unspecified atom stereocenters. The molecule has 0 aromatic carbocycles. The second kappa shape index (κ2) is 8.69. The molecular weight excluding hydrogens is 228 g/mol. The standard InChI is InChI=1S/C13H24N4O/c1-4-14-13-16-7-5-12(17-13)15-8-10-18-9-6-11(2)3/h5,7,11H,4,6,8-10H2,1-3H3,(H2,14,15,16,17). The summed E-state index contributed by atoms with van der Waals surface area (Å²) in [6.07, 6.45) is 2.85. The van der Waals surface area contributed by atoms with Crippen LogP contribution in [0.15, 0.2) is 12.3 Å². The monoisotopic (exact) mass is 252 g/mol.